The van der Waals surface area contributed by atoms with Gasteiger partial charge in [0.25, 0.3) is 5.91 Å². The van der Waals surface area contributed by atoms with Crippen LogP contribution in [0.4, 0.5) is 0 Å². The molecule has 9 heteroatoms. The Morgan fingerprint density at radius 1 is 1.07 bits per heavy atom. The fourth-order valence-electron chi connectivity index (χ4n) is 3.66. The first-order valence-electron chi connectivity index (χ1n) is 9.79. The Morgan fingerprint density at radius 3 is 2.50 bits per heavy atom. The molecule has 158 valence electrons. The van der Waals surface area contributed by atoms with Crippen LogP contribution in [0.5, 0.6) is 23.1 Å². The minimum absolute atomic E-state index is 0.0160. The van der Waals surface area contributed by atoms with Gasteiger partial charge >= 0.3 is 0 Å². The molecule has 30 heavy (non-hydrogen) atoms. The summed E-state index contributed by atoms with van der Waals surface area (Å²) in [6, 6.07) is 7.22. The van der Waals surface area contributed by atoms with Crippen molar-refractivity contribution >= 4 is 34.4 Å². The summed E-state index contributed by atoms with van der Waals surface area (Å²) >= 11 is 2.12. The molecule has 0 unspecified atom stereocenters. The summed E-state index contributed by atoms with van der Waals surface area (Å²) in [5.74, 6) is 1.76. The number of nitrogens with one attached hydrogen (secondary N) is 2. The van der Waals surface area contributed by atoms with Crippen molar-refractivity contribution in [2.45, 2.75) is 44.7 Å². The Hall–Kier alpha value is -2.56. The molecule has 0 atom stereocenters. The third kappa shape index (κ3) is 4.94. The van der Waals surface area contributed by atoms with E-state index in [9.17, 15) is 9.59 Å². The maximum Gasteiger partial charge on any atom is 0.257 e. The molecule has 1 aromatic heterocycles. The molecule has 1 aromatic carbocycles. The zero-order chi connectivity index (χ0) is 21.1. The number of carbonyl (C=O) groups excluding carboxylic acids is 2. The van der Waals surface area contributed by atoms with Crippen LogP contribution >= 0.6 is 22.6 Å². The number of pyridine rings is 1. The van der Waals surface area contributed by atoms with Crippen LogP contribution in [0.25, 0.3) is 0 Å². The number of hydrogen-bond donors (Lipinski definition) is 2. The van der Waals surface area contributed by atoms with Crippen LogP contribution in [0.15, 0.2) is 30.5 Å². The Balaban J connectivity index is 1.44. The predicted octanol–water partition coefficient (Wildman–Crippen LogP) is 3.38. The molecule has 4 rings (SSSR count). The highest BCUT2D eigenvalue weighted by Crippen LogP contribution is 2.37. The van der Waals surface area contributed by atoms with Gasteiger partial charge in [0.2, 0.25) is 18.6 Å². The SMILES string of the molecule is CC(=O)NC1CCC(NC(=O)c2cc(I)cnc2Oc2ccc3c(c2)OCO3)CC1. The van der Waals surface area contributed by atoms with Crippen LogP contribution in [0.2, 0.25) is 0 Å². The number of ether oxygens (including phenoxy) is 3. The van der Waals surface area contributed by atoms with Gasteiger partial charge in [-0.25, -0.2) is 4.98 Å². The topological polar surface area (TPSA) is 98.8 Å². The fraction of sp³-hybridized carbons (Fsp3) is 0.381. The quantitative estimate of drug-likeness (QED) is 0.584. The minimum atomic E-state index is -0.222. The first-order valence-corrected chi connectivity index (χ1v) is 10.9. The van der Waals surface area contributed by atoms with Gasteiger partial charge in [0, 0.05) is 34.8 Å². The smallest absolute Gasteiger partial charge is 0.257 e. The van der Waals surface area contributed by atoms with Crippen molar-refractivity contribution in [1.82, 2.24) is 15.6 Å². The number of nitrogens with zero attached hydrogens (tertiary/aromatic N) is 1. The number of halogens is 1. The summed E-state index contributed by atoms with van der Waals surface area (Å²) in [4.78, 5) is 28.5. The Kier molecular flexibility index (Phi) is 6.26. The van der Waals surface area contributed by atoms with Gasteiger partial charge in [-0.2, -0.15) is 0 Å². The summed E-state index contributed by atoms with van der Waals surface area (Å²) in [7, 11) is 0. The highest BCUT2D eigenvalue weighted by molar-refractivity contribution is 14.1. The highest BCUT2D eigenvalue weighted by Gasteiger charge is 2.25. The summed E-state index contributed by atoms with van der Waals surface area (Å²) in [5.41, 5.74) is 0.378. The second-order valence-electron chi connectivity index (χ2n) is 7.35. The van der Waals surface area contributed by atoms with Crippen LogP contribution in [0.3, 0.4) is 0 Å². The number of fused-ring (bicyclic) bond motifs is 1. The van der Waals surface area contributed by atoms with Crippen molar-refractivity contribution in [1.29, 1.82) is 0 Å². The maximum absolute atomic E-state index is 13.0. The van der Waals surface area contributed by atoms with Crippen LogP contribution in [0.1, 0.15) is 43.0 Å². The molecule has 1 saturated carbocycles. The average molecular weight is 523 g/mol. The lowest BCUT2D eigenvalue weighted by Crippen LogP contribution is -2.43. The summed E-state index contributed by atoms with van der Waals surface area (Å²) < 4.78 is 17.4. The van der Waals surface area contributed by atoms with Crippen LogP contribution < -0.4 is 24.8 Å². The minimum Gasteiger partial charge on any atom is -0.454 e. The van der Waals surface area contributed by atoms with Gasteiger partial charge in [0.05, 0.1) is 0 Å². The van der Waals surface area contributed by atoms with Crippen molar-refractivity contribution in [3.05, 3.63) is 39.6 Å². The summed E-state index contributed by atoms with van der Waals surface area (Å²) in [5, 5.41) is 6.03. The van der Waals surface area contributed by atoms with Crippen molar-refractivity contribution in [2.24, 2.45) is 0 Å². The monoisotopic (exact) mass is 523 g/mol. The molecular formula is C21H22IN3O5. The van der Waals surface area contributed by atoms with E-state index in [-0.39, 0.29) is 36.6 Å². The van der Waals surface area contributed by atoms with Gasteiger partial charge in [-0.3, -0.25) is 9.59 Å². The number of rotatable bonds is 5. The lowest BCUT2D eigenvalue weighted by molar-refractivity contribution is -0.119. The Morgan fingerprint density at radius 2 is 1.77 bits per heavy atom. The van der Waals surface area contributed by atoms with Crippen molar-refractivity contribution < 1.29 is 23.8 Å². The van der Waals surface area contributed by atoms with Gasteiger partial charge in [-0.05, 0) is 66.5 Å². The molecule has 0 radical (unpaired) electrons. The van der Waals surface area contributed by atoms with E-state index in [4.69, 9.17) is 14.2 Å². The molecule has 2 amide bonds. The molecule has 2 N–H and O–H groups in total. The van der Waals surface area contributed by atoms with Gasteiger partial charge in [-0.15, -0.1) is 0 Å². The first kappa shape index (κ1) is 20.7. The number of benzene rings is 1. The van der Waals surface area contributed by atoms with E-state index >= 15 is 0 Å². The summed E-state index contributed by atoms with van der Waals surface area (Å²) in [6.07, 6.45) is 4.96. The second kappa shape index (κ2) is 9.07. The molecule has 2 aromatic rings. The Labute approximate surface area is 187 Å². The van der Waals surface area contributed by atoms with E-state index in [1.807, 2.05) is 0 Å². The highest BCUT2D eigenvalue weighted by atomic mass is 127. The maximum atomic E-state index is 13.0. The van der Waals surface area contributed by atoms with Crippen LogP contribution in [-0.4, -0.2) is 35.7 Å². The lowest BCUT2D eigenvalue weighted by atomic mass is 9.91. The molecule has 1 aliphatic carbocycles. The Bertz CT molecular complexity index is 960. The van der Waals surface area contributed by atoms with Crippen LogP contribution in [-0.2, 0) is 4.79 Å². The third-order valence-electron chi connectivity index (χ3n) is 5.09. The number of carbonyl (C=O) groups is 2. The largest absolute Gasteiger partial charge is 0.454 e. The fourth-order valence-corrected chi connectivity index (χ4v) is 4.11. The number of hydrogen-bond acceptors (Lipinski definition) is 6. The number of amides is 2. The molecule has 0 bridgehead atoms. The van der Waals surface area contributed by atoms with E-state index < -0.39 is 0 Å². The zero-order valence-electron chi connectivity index (χ0n) is 16.4. The molecule has 0 spiro atoms. The van der Waals surface area contributed by atoms with Crippen molar-refractivity contribution in [2.75, 3.05) is 6.79 Å². The van der Waals surface area contributed by atoms with E-state index in [1.165, 1.54) is 6.92 Å². The van der Waals surface area contributed by atoms with Gasteiger partial charge in [0.15, 0.2) is 11.5 Å². The predicted molar refractivity (Wildman–Crippen MR) is 117 cm³/mol. The van der Waals surface area contributed by atoms with Gasteiger partial charge in [-0.1, -0.05) is 0 Å². The van der Waals surface area contributed by atoms with Crippen LogP contribution in [0, 0.1) is 3.57 Å². The molecule has 0 saturated heterocycles. The van der Waals surface area contributed by atoms with Gasteiger partial charge in [0.1, 0.15) is 11.3 Å². The van der Waals surface area contributed by atoms with E-state index in [0.29, 0.717) is 22.8 Å². The van der Waals surface area contributed by atoms with E-state index in [0.717, 1.165) is 29.3 Å². The lowest BCUT2D eigenvalue weighted by Gasteiger charge is -2.29. The molecule has 2 aliphatic rings. The van der Waals surface area contributed by atoms with E-state index in [2.05, 4.69) is 38.2 Å². The average Bonchev–Trinajstić information content (AvgIpc) is 3.18. The number of aromatic nitrogens is 1. The standard InChI is InChI=1S/C21H22IN3O5/c1-12(26)24-14-2-4-15(5-3-14)25-20(27)17-8-13(22)10-23-21(17)30-16-6-7-18-19(9-16)29-11-28-18/h6-10,14-15H,2-5,11H2,1H3,(H,24,26)(H,25,27). The summed E-state index contributed by atoms with van der Waals surface area (Å²) in [6.45, 7) is 1.71. The van der Waals surface area contributed by atoms with Crippen molar-refractivity contribution in [3.8, 4) is 23.1 Å². The zero-order valence-corrected chi connectivity index (χ0v) is 18.6. The molecular weight excluding hydrogens is 501 g/mol. The van der Waals surface area contributed by atoms with Gasteiger partial charge < -0.3 is 24.8 Å². The molecule has 2 heterocycles. The third-order valence-corrected chi connectivity index (χ3v) is 5.68. The molecule has 8 nitrogen and oxygen atoms in total. The first-order chi connectivity index (χ1) is 14.5. The molecule has 1 aliphatic heterocycles. The second-order valence-corrected chi connectivity index (χ2v) is 8.59. The molecule has 1 fully saturated rings. The van der Waals surface area contributed by atoms with E-state index in [1.54, 1.807) is 30.5 Å². The normalized spacial score (nSPS) is 19.8. The van der Waals surface area contributed by atoms with Crippen molar-refractivity contribution in [3.63, 3.8) is 0 Å².